The third-order valence-corrected chi connectivity index (χ3v) is 6.46. The summed E-state index contributed by atoms with van der Waals surface area (Å²) in [6, 6.07) is 27.7. The predicted octanol–water partition coefficient (Wildman–Crippen LogP) is 8.73. The standard InChI is InChI=1S/C35H30O4/c1-4-19-37-27-12-7-24(8-13-27)34-31-18-16-29(39-21-6-3)23-32(31)30-17-11-26(36)22-33(30)35(34)25-9-14-28(15-10-25)38-20-5-2/h4-18,22-23,36H,1-3,19-21H2. The van der Waals surface area contributed by atoms with Crippen molar-refractivity contribution in [1.82, 2.24) is 0 Å². The lowest BCUT2D eigenvalue weighted by Gasteiger charge is -2.20. The van der Waals surface area contributed by atoms with Crippen LogP contribution in [0, 0.1) is 0 Å². The van der Waals surface area contributed by atoms with Crippen LogP contribution in [0.5, 0.6) is 23.0 Å². The number of ether oxygens (including phenoxy) is 3. The van der Waals surface area contributed by atoms with Crippen molar-refractivity contribution in [2.24, 2.45) is 0 Å². The van der Waals surface area contributed by atoms with E-state index in [1.807, 2.05) is 42.5 Å². The highest BCUT2D eigenvalue weighted by Crippen LogP contribution is 2.46. The lowest BCUT2D eigenvalue weighted by Crippen LogP contribution is -1.96. The van der Waals surface area contributed by atoms with Crippen LogP contribution < -0.4 is 14.2 Å². The van der Waals surface area contributed by atoms with Crippen molar-refractivity contribution in [1.29, 1.82) is 0 Å². The number of rotatable bonds is 11. The Labute approximate surface area is 228 Å². The minimum absolute atomic E-state index is 0.201. The highest BCUT2D eigenvalue weighted by atomic mass is 16.5. The van der Waals surface area contributed by atoms with Gasteiger partial charge in [-0.3, -0.25) is 0 Å². The van der Waals surface area contributed by atoms with Crippen molar-refractivity contribution in [3.8, 4) is 45.3 Å². The molecule has 0 heterocycles. The first-order valence-electron chi connectivity index (χ1n) is 12.8. The molecule has 0 saturated heterocycles. The maximum atomic E-state index is 10.6. The molecule has 0 aromatic heterocycles. The first kappa shape index (κ1) is 25.7. The van der Waals surface area contributed by atoms with E-state index in [4.69, 9.17) is 14.2 Å². The van der Waals surface area contributed by atoms with Gasteiger partial charge >= 0.3 is 0 Å². The molecule has 0 bridgehead atoms. The number of phenols is 1. The quantitative estimate of drug-likeness (QED) is 0.141. The van der Waals surface area contributed by atoms with Gasteiger partial charge in [-0.05, 0) is 92.3 Å². The number of hydrogen-bond acceptors (Lipinski definition) is 4. The second-order valence-corrected chi connectivity index (χ2v) is 9.04. The van der Waals surface area contributed by atoms with Gasteiger partial charge in [0.2, 0.25) is 0 Å². The molecule has 0 radical (unpaired) electrons. The Bertz CT molecular complexity index is 1650. The molecule has 0 atom stereocenters. The van der Waals surface area contributed by atoms with Crippen LogP contribution in [0.3, 0.4) is 0 Å². The van der Waals surface area contributed by atoms with Crippen molar-refractivity contribution in [2.75, 3.05) is 19.8 Å². The molecule has 39 heavy (non-hydrogen) atoms. The van der Waals surface area contributed by atoms with E-state index in [1.54, 1.807) is 24.3 Å². The number of phenolic OH excluding ortho intramolecular Hbond substituents is 1. The Kier molecular flexibility index (Phi) is 7.65. The summed E-state index contributed by atoms with van der Waals surface area (Å²) in [5, 5.41) is 14.6. The fraction of sp³-hybridized carbons (Fsp3) is 0.0857. The molecule has 0 saturated carbocycles. The highest BCUT2D eigenvalue weighted by Gasteiger charge is 2.19. The maximum Gasteiger partial charge on any atom is 0.120 e. The second-order valence-electron chi connectivity index (χ2n) is 9.04. The van der Waals surface area contributed by atoms with Gasteiger partial charge in [0, 0.05) is 0 Å². The maximum absolute atomic E-state index is 10.6. The topological polar surface area (TPSA) is 47.9 Å². The second kappa shape index (κ2) is 11.6. The Morgan fingerprint density at radius 3 is 1.49 bits per heavy atom. The highest BCUT2D eigenvalue weighted by molar-refractivity contribution is 6.22. The van der Waals surface area contributed by atoms with E-state index in [1.165, 1.54) is 0 Å². The van der Waals surface area contributed by atoms with Crippen LogP contribution in [-0.2, 0) is 0 Å². The van der Waals surface area contributed by atoms with Crippen molar-refractivity contribution >= 4 is 21.5 Å². The van der Waals surface area contributed by atoms with Gasteiger partial charge in [-0.15, -0.1) is 0 Å². The van der Waals surface area contributed by atoms with Crippen LogP contribution in [0.4, 0.5) is 0 Å². The van der Waals surface area contributed by atoms with E-state index >= 15 is 0 Å². The number of benzene rings is 5. The summed E-state index contributed by atoms with van der Waals surface area (Å²) in [6.07, 6.45) is 5.18. The molecule has 4 nitrogen and oxygen atoms in total. The average Bonchev–Trinajstić information content (AvgIpc) is 2.97. The SMILES string of the molecule is C=CCOc1ccc(-c2c(-c3ccc(OCC=C)cc3)c3ccc(OCC=C)cc3c3ccc(O)cc23)cc1. The summed E-state index contributed by atoms with van der Waals surface area (Å²) in [5.74, 6) is 2.49. The van der Waals surface area contributed by atoms with Crippen molar-refractivity contribution in [3.05, 3.63) is 123 Å². The van der Waals surface area contributed by atoms with Crippen LogP contribution in [-0.4, -0.2) is 24.9 Å². The first-order valence-corrected chi connectivity index (χ1v) is 12.8. The van der Waals surface area contributed by atoms with Gasteiger partial charge in [-0.2, -0.15) is 0 Å². The van der Waals surface area contributed by atoms with Gasteiger partial charge in [-0.1, -0.05) is 74.4 Å². The molecule has 0 spiro atoms. The zero-order chi connectivity index (χ0) is 27.2. The minimum atomic E-state index is 0.201. The molecule has 5 rings (SSSR count). The number of aromatic hydroxyl groups is 1. The molecule has 0 aliphatic rings. The van der Waals surface area contributed by atoms with E-state index in [0.717, 1.165) is 61.0 Å². The van der Waals surface area contributed by atoms with Crippen molar-refractivity contribution in [2.45, 2.75) is 0 Å². The van der Waals surface area contributed by atoms with E-state index < -0.39 is 0 Å². The molecule has 5 aromatic carbocycles. The molecular weight excluding hydrogens is 484 g/mol. The van der Waals surface area contributed by atoms with Gasteiger partial charge < -0.3 is 19.3 Å². The summed E-state index contributed by atoms with van der Waals surface area (Å²) in [6.45, 7) is 12.5. The smallest absolute Gasteiger partial charge is 0.120 e. The van der Waals surface area contributed by atoms with E-state index in [-0.39, 0.29) is 5.75 Å². The minimum Gasteiger partial charge on any atom is -0.508 e. The monoisotopic (exact) mass is 514 g/mol. The van der Waals surface area contributed by atoms with E-state index in [9.17, 15) is 5.11 Å². The summed E-state index contributed by atoms with van der Waals surface area (Å²) in [5.41, 5.74) is 4.10. The van der Waals surface area contributed by atoms with Gasteiger partial charge in [0.25, 0.3) is 0 Å². The summed E-state index contributed by atoms with van der Waals surface area (Å²) < 4.78 is 17.3. The molecule has 1 N–H and O–H groups in total. The van der Waals surface area contributed by atoms with Crippen LogP contribution >= 0.6 is 0 Å². The molecular formula is C35H30O4. The molecule has 0 aliphatic heterocycles. The van der Waals surface area contributed by atoms with Crippen LogP contribution in [0.25, 0.3) is 43.8 Å². The lowest BCUT2D eigenvalue weighted by molar-refractivity contribution is 0.363. The molecule has 194 valence electrons. The predicted molar refractivity (Wildman–Crippen MR) is 161 cm³/mol. The lowest BCUT2D eigenvalue weighted by atomic mass is 9.85. The number of fused-ring (bicyclic) bond motifs is 3. The fourth-order valence-electron chi connectivity index (χ4n) is 4.80. The van der Waals surface area contributed by atoms with Crippen LogP contribution in [0.2, 0.25) is 0 Å². The summed E-state index contributed by atoms with van der Waals surface area (Å²) in [7, 11) is 0. The zero-order valence-corrected chi connectivity index (χ0v) is 21.7. The summed E-state index contributed by atoms with van der Waals surface area (Å²) in [4.78, 5) is 0. The molecule has 0 aliphatic carbocycles. The Morgan fingerprint density at radius 1 is 0.487 bits per heavy atom. The Hall–Kier alpha value is -4.96. The third-order valence-electron chi connectivity index (χ3n) is 6.46. The normalized spacial score (nSPS) is 10.8. The molecule has 4 heteroatoms. The van der Waals surface area contributed by atoms with Crippen LogP contribution in [0.1, 0.15) is 0 Å². The third kappa shape index (κ3) is 5.36. The number of hydrogen-bond donors (Lipinski definition) is 1. The van der Waals surface area contributed by atoms with Crippen LogP contribution in [0.15, 0.2) is 123 Å². The van der Waals surface area contributed by atoms with E-state index in [0.29, 0.717) is 19.8 Å². The largest absolute Gasteiger partial charge is 0.508 e. The zero-order valence-electron chi connectivity index (χ0n) is 21.7. The van der Waals surface area contributed by atoms with Gasteiger partial charge in [0.05, 0.1) is 0 Å². The average molecular weight is 515 g/mol. The molecule has 5 aromatic rings. The first-order chi connectivity index (χ1) is 19.1. The van der Waals surface area contributed by atoms with Gasteiger partial charge in [0.1, 0.15) is 42.8 Å². The fourth-order valence-corrected chi connectivity index (χ4v) is 4.80. The van der Waals surface area contributed by atoms with E-state index in [2.05, 4.69) is 56.1 Å². The Morgan fingerprint density at radius 2 is 0.949 bits per heavy atom. The molecule has 0 unspecified atom stereocenters. The molecule has 0 amide bonds. The van der Waals surface area contributed by atoms with Gasteiger partial charge in [0.15, 0.2) is 0 Å². The Balaban J connectivity index is 1.81. The van der Waals surface area contributed by atoms with Crippen molar-refractivity contribution in [3.63, 3.8) is 0 Å². The summed E-state index contributed by atoms with van der Waals surface area (Å²) >= 11 is 0. The van der Waals surface area contributed by atoms with Gasteiger partial charge in [-0.25, -0.2) is 0 Å². The molecule has 0 fully saturated rings. The van der Waals surface area contributed by atoms with Crippen molar-refractivity contribution < 1.29 is 19.3 Å².